The molecule has 4 aromatic rings. The minimum Gasteiger partial charge on any atom is -0.488 e. The molecule has 0 unspecified atom stereocenters. The van der Waals surface area contributed by atoms with Crippen LogP contribution in [0.4, 0.5) is 10.2 Å². The van der Waals surface area contributed by atoms with Gasteiger partial charge in [-0.15, -0.1) is 11.3 Å². The number of hydrogen-bond acceptors (Lipinski definition) is 6. The zero-order valence-corrected chi connectivity index (χ0v) is 18.1. The van der Waals surface area contributed by atoms with Crippen LogP contribution in [0.1, 0.15) is 15.9 Å². The zero-order valence-electron chi connectivity index (χ0n) is 17.3. The van der Waals surface area contributed by atoms with Gasteiger partial charge in [0, 0.05) is 26.2 Å². The van der Waals surface area contributed by atoms with E-state index in [0.29, 0.717) is 37.5 Å². The Morgan fingerprint density at radius 2 is 1.78 bits per heavy atom. The maximum Gasteiger partial charge on any atom is 0.257 e. The number of aromatic nitrogens is 2. The molecule has 0 atom stereocenters. The third kappa shape index (κ3) is 4.13. The lowest BCUT2D eigenvalue weighted by Crippen LogP contribution is -2.49. The molecular weight excluding hydrogens is 427 g/mol. The summed E-state index contributed by atoms with van der Waals surface area (Å²) >= 11 is 1.60. The molecule has 0 aliphatic carbocycles. The fourth-order valence-electron chi connectivity index (χ4n) is 3.83. The summed E-state index contributed by atoms with van der Waals surface area (Å²) in [6.07, 6.45) is 1.60. The first-order chi connectivity index (χ1) is 15.7. The van der Waals surface area contributed by atoms with Crippen LogP contribution in [0.25, 0.3) is 10.2 Å². The van der Waals surface area contributed by atoms with Crippen LogP contribution in [0.2, 0.25) is 0 Å². The van der Waals surface area contributed by atoms with Gasteiger partial charge in [-0.3, -0.25) is 4.79 Å². The van der Waals surface area contributed by atoms with Gasteiger partial charge in [-0.25, -0.2) is 14.4 Å². The molecule has 0 bridgehead atoms. The third-order valence-corrected chi connectivity index (χ3v) is 6.35. The normalized spacial score (nSPS) is 14.0. The van der Waals surface area contributed by atoms with E-state index in [-0.39, 0.29) is 18.3 Å². The molecule has 162 valence electrons. The van der Waals surface area contributed by atoms with Crippen molar-refractivity contribution >= 4 is 33.3 Å². The summed E-state index contributed by atoms with van der Waals surface area (Å²) in [6.45, 7) is 2.86. The maximum atomic E-state index is 13.2. The number of amides is 1. The van der Waals surface area contributed by atoms with E-state index in [4.69, 9.17) is 4.74 Å². The van der Waals surface area contributed by atoms with Crippen molar-refractivity contribution in [3.05, 3.63) is 83.2 Å². The van der Waals surface area contributed by atoms with Crippen molar-refractivity contribution in [3.63, 3.8) is 0 Å². The fraction of sp³-hybridized carbons (Fsp3) is 0.208. The SMILES string of the molecule is O=C(c1ccccc1OCc1ccc(F)cc1)N1CCN(c2ncnc3sccc23)CC1. The molecule has 0 saturated carbocycles. The molecule has 2 aromatic heterocycles. The number of thiophene rings is 1. The summed E-state index contributed by atoms with van der Waals surface area (Å²) in [6, 6.07) is 15.5. The number of fused-ring (bicyclic) bond motifs is 1. The molecule has 0 radical (unpaired) electrons. The largest absolute Gasteiger partial charge is 0.488 e. The smallest absolute Gasteiger partial charge is 0.257 e. The summed E-state index contributed by atoms with van der Waals surface area (Å²) in [5.41, 5.74) is 1.37. The summed E-state index contributed by atoms with van der Waals surface area (Å²) in [4.78, 5) is 27.1. The van der Waals surface area contributed by atoms with Crippen molar-refractivity contribution in [2.45, 2.75) is 6.61 Å². The van der Waals surface area contributed by atoms with Crippen molar-refractivity contribution < 1.29 is 13.9 Å². The average Bonchev–Trinajstić information content (AvgIpc) is 3.33. The van der Waals surface area contributed by atoms with E-state index >= 15 is 0 Å². The topological polar surface area (TPSA) is 58.6 Å². The number of carbonyl (C=O) groups excluding carboxylic acids is 1. The lowest BCUT2D eigenvalue weighted by atomic mass is 10.1. The summed E-state index contributed by atoms with van der Waals surface area (Å²) in [7, 11) is 0. The minimum atomic E-state index is -0.287. The van der Waals surface area contributed by atoms with Crippen molar-refractivity contribution in [3.8, 4) is 5.75 Å². The Balaban J connectivity index is 1.26. The second-order valence-corrected chi connectivity index (χ2v) is 8.42. The number of para-hydroxylation sites is 1. The Bertz CT molecular complexity index is 1240. The molecule has 0 spiro atoms. The van der Waals surface area contributed by atoms with Gasteiger partial charge in [0.05, 0.1) is 10.9 Å². The van der Waals surface area contributed by atoms with Gasteiger partial charge in [0.15, 0.2) is 0 Å². The molecule has 5 rings (SSSR count). The molecule has 3 heterocycles. The number of carbonyl (C=O) groups is 1. The number of anilines is 1. The third-order valence-electron chi connectivity index (χ3n) is 5.53. The number of hydrogen-bond donors (Lipinski definition) is 0. The monoisotopic (exact) mass is 448 g/mol. The molecule has 8 heteroatoms. The Hall–Kier alpha value is -3.52. The Morgan fingerprint density at radius 1 is 1.00 bits per heavy atom. The predicted molar refractivity (Wildman–Crippen MR) is 123 cm³/mol. The highest BCUT2D eigenvalue weighted by Gasteiger charge is 2.25. The Labute approximate surface area is 188 Å². The molecular formula is C24H21FN4O2S. The van der Waals surface area contributed by atoms with E-state index in [0.717, 1.165) is 21.6 Å². The van der Waals surface area contributed by atoms with Crippen LogP contribution in [-0.2, 0) is 6.61 Å². The highest BCUT2D eigenvalue weighted by atomic mass is 32.1. The molecule has 32 heavy (non-hydrogen) atoms. The number of rotatable bonds is 5. The van der Waals surface area contributed by atoms with Crippen molar-refractivity contribution in [1.82, 2.24) is 14.9 Å². The van der Waals surface area contributed by atoms with E-state index in [9.17, 15) is 9.18 Å². The van der Waals surface area contributed by atoms with Crippen LogP contribution < -0.4 is 9.64 Å². The Morgan fingerprint density at radius 3 is 2.59 bits per heavy atom. The number of ether oxygens (including phenoxy) is 1. The van der Waals surface area contributed by atoms with E-state index < -0.39 is 0 Å². The van der Waals surface area contributed by atoms with Crippen LogP contribution in [0.3, 0.4) is 0 Å². The first kappa shape index (κ1) is 20.4. The molecule has 1 aliphatic rings. The van der Waals surface area contributed by atoms with Gasteiger partial charge in [-0.05, 0) is 41.3 Å². The van der Waals surface area contributed by atoms with Crippen LogP contribution in [0.15, 0.2) is 66.3 Å². The molecule has 2 aromatic carbocycles. The summed E-state index contributed by atoms with van der Waals surface area (Å²) in [5.74, 6) is 1.11. The summed E-state index contributed by atoms with van der Waals surface area (Å²) in [5, 5.41) is 3.07. The molecule has 1 saturated heterocycles. The molecule has 1 aliphatic heterocycles. The maximum absolute atomic E-state index is 13.2. The van der Waals surface area contributed by atoms with Crippen molar-refractivity contribution in [2.24, 2.45) is 0 Å². The van der Waals surface area contributed by atoms with Gasteiger partial charge in [0.1, 0.15) is 35.1 Å². The second kappa shape index (κ2) is 8.92. The Kier molecular flexibility index (Phi) is 5.68. The average molecular weight is 449 g/mol. The first-order valence-electron chi connectivity index (χ1n) is 10.4. The fourth-order valence-corrected chi connectivity index (χ4v) is 4.56. The van der Waals surface area contributed by atoms with Gasteiger partial charge in [-0.1, -0.05) is 24.3 Å². The highest BCUT2D eigenvalue weighted by Crippen LogP contribution is 2.28. The molecule has 1 fully saturated rings. The van der Waals surface area contributed by atoms with Crippen molar-refractivity contribution in [2.75, 3.05) is 31.1 Å². The van der Waals surface area contributed by atoms with Gasteiger partial charge in [0.2, 0.25) is 0 Å². The molecule has 0 N–H and O–H groups in total. The number of nitrogens with zero attached hydrogens (tertiary/aromatic N) is 4. The highest BCUT2D eigenvalue weighted by molar-refractivity contribution is 7.16. The number of halogens is 1. The van der Waals surface area contributed by atoms with Gasteiger partial charge < -0.3 is 14.5 Å². The predicted octanol–water partition coefficient (Wildman–Crippen LogP) is 4.37. The van der Waals surface area contributed by atoms with Crippen LogP contribution in [0.5, 0.6) is 5.75 Å². The van der Waals surface area contributed by atoms with Gasteiger partial charge in [0.25, 0.3) is 5.91 Å². The minimum absolute atomic E-state index is 0.0530. The first-order valence-corrected chi connectivity index (χ1v) is 11.3. The lowest BCUT2D eigenvalue weighted by Gasteiger charge is -2.35. The summed E-state index contributed by atoms with van der Waals surface area (Å²) < 4.78 is 19.0. The van der Waals surface area contributed by atoms with E-state index in [1.807, 2.05) is 28.5 Å². The van der Waals surface area contributed by atoms with E-state index in [1.54, 1.807) is 41.9 Å². The molecule has 1 amide bonds. The standard InChI is InChI=1S/C24H21FN4O2S/c25-18-7-5-17(6-8-18)15-31-21-4-2-1-3-19(21)24(30)29-12-10-28(11-13-29)22-20-9-14-32-23(20)27-16-26-22/h1-9,14,16H,10-13,15H2. The van der Waals surface area contributed by atoms with Crippen LogP contribution in [-0.4, -0.2) is 47.0 Å². The van der Waals surface area contributed by atoms with Crippen molar-refractivity contribution in [1.29, 1.82) is 0 Å². The number of piperazine rings is 1. The zero-order chi connectivity index (χ0) is 21.9. The van der Waals surface area contributed by atoms with E-state index in [2.05, 4.69) is 14.9 Å². The van der Waals surface area contributed by atoms with Crippen LogP contribution in [0, 0.1) is 5.82 Å². The number of benzene rings is 2. The van der Waals surface area contributed by atoms with Gasteiger partial charge >= 0.3 is 0 Å². The lowest BCUT2D eigenvalue weighted by molar-refractivity contribution is 0.0741. The second-order valence-electron chi connectivity index (χ2n) is 7.53. The molecule has 6 nitrogen and oxygen atoms in total. The van der Waals surface area contributed by atoms with Gasteiger partial charge in [-0.2, -0.15) is 0 Å². The van der Waals surface area contributed by atoms with E-state index in [1.165, 1.54) is 12.1 Å². The van der Waals surface area contributed by atoms with Crippen LogP contribution >= 0.6 is 11.3 Å². The quantitative estimate of drug-likeness (QED) is 0.454.